The predicted molar refractivity (Wildman–Crippen MR) is 118 cm³/mol. The molecule has 2 rings (SSSR count). The van der Waals surface area contributed by atoms with Crippen LogP contribution in [0.2, 0.25) is 19.6 Å². The minimum Gasteiger partial charge on any atom is -0.497 e. The van der Waals surface area contributed by atoms with Crippen LogP contribution in [-0.2, 0) is 19.7 Å². The van der Waals surface area contributed by atoms with Gasteiger partial charge in [0.2, 0.25) is 0 Å². The number of hydrogen-bond acceptors (Lipinski definition) is 5. The Labute approximate surface area is 173 Å². The second-order valence-corrected chi connectivity index (χ2v) is 14.8. The molecule has 0 atom stereocenters. The SMILES string of the molecule is COC(=O)/C=C/c1c([Si](C)(C)C)cn(S(=O)(=O)N(C)C)c1-c1ccc(OC)cc1. The maximum absolute atomic E-state index is 13.1. The largest absolute Gasteiger partial charge is 0.497 e. The Morgan fingerprint density at radius 1 is 1.10 bits per heavy atom. The maximum Gasteiger partial charge on any atom is 0.330 e. The Morgan fingerprint density at radius 3 is 2.14 bits per heavy atom. The van der Waals surface area contributed by atoms with Crippen LogP contribution in [0.1, 0.15) is 5.56 Å². The van der Waals surface area contributed by atoms with E-state index in [1.807, 2.05) is 0 Å². The number of rotatable bonds is 7. The average molecular weight is 437 g/mol. The lowest BCUT2D eigenvalue weighted by molar-refractivity contribution is -0.134. The van der Waals surface area contributed by atoms with Gasteiger partial charge in [-0.1, -0.05) is 19.6 Å². The van der Waals surface area contributed by atoms with Crippen LogP contribution in [0, 0.1) is 0 Å². The van der Waals surface area contributed by atoms with E-state index in [0.29, 0.717) is 22.6 Å². The van der Waals surface area contributed by atoms with Crippen molar-refractivity contribution in [2.45, 2.75) is 19.6 Å². The fourth-order valence-electron chi connectivity index (χ4n) is 2.87. The number of carbonyl (C=O) groups is 1. The van der Waals surface area contributed by atoms with Crippen LogP contribution >= 0.6 is 0 Å². The Morgan fingerprint density at radius 2 is 1.69 bits per heavy atom. The number of methoxy groups -OCH3 is 2. The summed E-state index contributed by atoms with van der Waals surface area (Å²) >= 11 is 0. The van der Waals surface area contributed by atoms with E-state index in [0.717, 1.165) is 5.19 Å². The quantitative estimate of drug-likeness (QED) is 0.379. The Bertz CT molecular complexity index is 1020. The number of nitrogens with zero attached hydrogens (tertiary/aromatic N) is 2. The zero-order chi connectivity index (χ0) is 22.0. The molecule has 7 nitrogen and oxygen atoms in total. The van der Waals surface area contributed by atoms with E-state index < -0.39 is 24.3 Å². The fourth-order valence-corrected chi connectivity index (χ4v) is 5.52. The van der Waals surface area contributed by atoms with Crippen molar-refractivity contribution in [3.05, 3.63) is 42.1 Å². The third-order valence-corrected chi connectivity index (χ3v) is 8.20. The molecule has 0 unspecified atom stereocenters. The maximum atomic E-state index is 13.1. The Hall–Kier alpha value is -2.36. The van der Waals surface area contributed by atoms with Gasteiger partial charge in [0.1, 0.15) is 5.75 Å². The molecule has 0 bridgehead atoms. The molecular weight excluding hydrogens is 408 g/mol. The molecule has 0 aliphatic heterocycles. The molecule has 158 valence electrons. The van der Waals surface area contributed by atoms with Crippen molar-refractivity contribution in [3.8, 4) is 17.0 Å². The zero-order valence-electron chi connectivity index (χ0n) is 17.9. The summed E-state index contributed by atoms with van der Waals surface area (Å²) in [6.07, 6.45) is 4.64. The molecule has 0 fully saturated rings. The molecule has 1 heterocycles. The zero-order valence-corrected chi connectivity index (χ0v) is 19.7. The van der Waals surface area contributed by atoms with Crippen molar-refractivity contribution < 1.29 is 22.7 Å². The molecule has 2 aromatic rings. The van der Waals surface area contributed by atoms with Crippen molar-refractivity contribution >= 4 is 35.5 Å². The van der Waals surface area contributed by atoms with Crippen molar-refractivity contribution in [1.82, 2.24) is 8.28 Å². The van der Waals surface area contributed by atoms with E-state index in [2.05, 4.69) is 19.6 Å². The van der Waals surface area contributed by atoms with Crippen molar-refractivity contribution in [2.24, 2.45) is 0 Å². The first kappa shape index (κ1) is 22.9. The average Bonchev–Trinajstić information content (AvgIpc) is 3.06. The summed E-state index contributed by atoms with van der Waals surface area (Å²) in [6, 6.07) is 7.16. The van der Waals surface area contributed by atoms with Crippen LogP contribution in [0.4, 0.5) is 0 Å². The molecule has 0 aliphatic carbocycles. The van der Waals surface area contributed by atoms with Crippen molar-refractivity contribution in [1.29, 1.82) is 0 Å². The molecule has 0 saturated heterocycles. The highest BCUT2D eigenvalue weighted by Gasteiger charge is 2.30. The third kappa shape index (κ3) is 4.80. The first-order valence-corrected chi connectivity index (χ1v) is 13.9. The van der Waals surface area contributed by atoms with Crippen LogP contribution in [0.5, 0.6) is 5.75 Å². The first-order chi connectivity index (χ1) is 13.4. The van der Waals surface area contributed by atoms with Gasteiger partial charge in [-0.15, -0.1) is 0 Å². The molecular formula is C20H28N2O5SSi. The molecule has 29 heavy (non-hydrogen) atoms. The van der Waals surface area contributed by atoms with Gasteiger partial charge in [0, 0.05) is 37.5 Å². The van der Waals surface area contributed by atoms with E-state index in [9.17, 15) is 13.2 Å². The first-order valence-electron chi connectivity index (χ1n) is 9.02. The summed E-state index contributed by atoms with van der Waals surface area (Å²) in [5, 5.41) is 0.925. The van der Waals surface area contributed by atoms with Crippen LogP contribution in [0.3, 0.4) is 0 Å². The number of ether oxygens (including phenoxy) is 2. The van der Waals surface area contributed by atoms with Gasteiger partial charge >= 0.3 is 16.2 Å². The molecule has 0 spiro atoms. The summed E-state index contributed by atoms with van der Waals surface area (Å²) in [7, 11) is 0.105. The highest BCUT2D eigenvalue weighted by atomic mass is 32.2. The van der Waals surface area contributed by atoms with E-state index in [1.54, 1.807) is 43.6 Å². The topological polar surface area (TPSA) is 77.8 Å². The third-order valence-electron chi connectivity index (χ3n) is 4.48. The van der Waals surface area contributed by atoms with E-state index in [-0.39, 0.29) is 0 Å². The van der Waals surface area contributed by atoms with E-state index in [4.69, 9.17) is 9.47 Å². The molecule has 1 aromatic carbocycles. The van der Waals surface area contributed by atoms with Crippen LogP contribution in [0.15, 0.2) is 36.5 Å². The molecule has 1 aromatic heterocycles. The summed E-state index contributed by atoms with van der Waals surface area (Å²) in [6.45, 7) is 6.38. The fraction of sp³-hybridized carbons (Fsp3) is 0.350. The Balaban J connectivity index is 2.92. The number of benzene rings is 1. The van der Waals surface area contributed by atoms with Gasteiger partial charge in [0.05, 0.1) is 28.0 Å². The summed E-state index contributed by atoms with van der Waals surface area (Å²) in [5.41, 5.74) is 1.90. The minimum absolute atomic E-state index is 0.499. The number of esters is 1. The Kier molecular flexibility index (Phi) is 6.77. The van der Waals surface area contributed by atoms with Gasteiger partial charge in [0.25, 0.3) is 0 Å². The number of hydrogen-bond donors (Lipinski definition) is 0. The molecule has 9 heteroatoms. The monoisotopic (exact) mass is 436 g/mol. The van der Waals surface area contributed by atoms with Crippen LogP contribution in [-0.4, -0.2) is 59.1 Å². The molecule has 0 saturated carbocycles. The summed E-state index contributed by atoms with van der Waals surface area (Å²) < 4.78 is 38.6. The van der Waals surface area contributed by atoms with Gasteiger partial charge in [-0.3, -0.25) is 0 Å². The molecule has 0 amide bonds. The van der Waals surface area contributed by atoms with Crippen molar-refractivity contribution in [2.75, 3.05) is 28.3 Å². The normalized spacial score (nSPS) is 12.6. The van der Waals surface area contributed by atoms with Crippen molar-refractivity contribution in [3.63, 3.8) is 0 Å². The van der Waals surface area contributed by atoms with Crippen LogP contribution < -0.4 is 9.92 Å². The molecule has 0 N–H and O–H groups in total. The lowest BCUT2D eigenvalue weighted by Gasteiger charge is -2.16. The van der Waals surface area contributed by atoms with Gasteiger partial charge in [-0.05, 0) is 35.5 Å². The lowest BCUT2D eigenvalue weighted by atomic mass is 10.1. The van der Waals surface area contributed by atoms with E-state index in [1.165, 1.54) is 35.6 Å². The van der Waals surface area contributed by atoms with Crippen LogP contribution in [0.25, 0.3) is 17.3 Å². The van der Waals surface area contributed by atoms with Gasteiger partial charge in [-0.2, -0.15) is 12.7 Å². The molecule has 0 radical (unpaired) electrons. The standard InChI is InChI=1S/C20H28N2O5SSi/c1-21(2)28(24,25)22-14-18(29(5,6)7)17(12-13-19(23)27-4)20(22)15-8-10-16(26-3)11-9-15/h8-14H,1-7H3/b13-12+. The highest BCUT2D eigenvalue weighted by Crippen LogP contribution is 2.30. The second kappa shape index (κ2) is 8.56. The number of aromatic nitrogens is 1. The van der Waals surface area contributed by atoms with E-state index >= 15 is 0 Å². The minimum atomic E-state index is -3.79. The van der Waals surface area contributed by atoms with Gasteiger partial charge in [-0.25, -0.2) is 8.77 Å². The number of carbonyl (C=O) groups excluding carboxylic acids is 1. The smallest absolute Gasteiger partial charge is 0.330 e. The highest BCUT2D eigenvalue weighted by molar-refractivity contribution is 7.87. The predicted octanol–water partition coefficient (Wildman–Crippen LogP) is 2.55. The van der Waals surface area contributed by atoms with Gasteiger partial charge in [0.15, 0.2) is 0 Å². The summed E-state index contributed by atoms with van der Waals surface area (Å²) in [4.78, 5) is 11.7. The molecule has 0 aliphatic rings. The summed E-state index contributed by atoms with van der Waals surface area (Å²) in [5.74, 6) is 0.162. The second-order valence-electron chi connectivity index (χ2n) is 7.73. The lowest BCUT2D eigenvalue weighted by Crippen LogP contribution is -2.38. The van der Waals surface area contributed by atoms with Gasteiger partial charge < -0.3 is 9.47 Å².